The summed E-state index contributed by atoms with van der Waals surface area (Å²) in [6, 6.07) is 0. The molecule has 0 bridgehead atoms. The molecule has 1 aliphatic heterocycles. The molecule has 1 aromatic heterocycles. The molecule has 1 fully saturated rings. The molecule has 0 saturated carbocycles. The molecule has 1 aliphatic rings. The Morgan fingerprint density at radius 1 is 1.94 bits per heavy atom. The molecule has 9 heteroatoms. The van der Waals surface area contributed by atoms with Crippen LogP contribution in [0.15, 0.2) is 6.30 Å². The Kier molecular flexibility index (Phi) is 0.957. The van der Waals surface area contributed by atoms with Gasteiger partial charge >= 0.3 is 0 Å². The van der Waals surface area contributed by atoms with E-state index < -0.39 is 49.0 Å². The Morgan fingerprint density at radius 2 is 2.88 bits per heavy atom. The average molecular weight is 256 g/mol. The number of ether oxygens (including phenoxy) is 1. The lowest BCUT2D eigenvalue weighted by atomic mass is 10.1. The van der Waals surface area contributed by atoms with Crippen molar-refractivity contribution in [3.8, 4) is 0 Å². The maximum atomic E-state index is 8.41. The number of hydrogen-bond acceptors (Lipinski definition) is 7. The third-order valence-electron chi connectivity index (χ3n) is 1.74. The van der Waals surface area contributed by atoms with E-state index in [2.05, 4.69) is 30.8 Å². The Labute approximate surface area is 115 Å². The highest BCUT2D eigenvalue weighted by Crippen LogP contribution is 2.28. The molecule has 94 valence electrons. The topological polar surface area (TPSA) is 151 Å². The number of nitrogen functional groups attached to an aromatic ring is 1. The largest absolute Gasteiger partial charge is 0.394 e. The fraction of sp³-hybridized carbons (Fsp3) is 0.625. The highest BCUT2D eigenvalue weighted by atomic mass is 16.6. The molecule has 0 amide bonds. The minimum Gasteiger partial charge on any atom is -0.394 e. The lowest BCUT2D eigenvalue weighted by Gasteiger charge is -2.13. The molecular formula is C8H13N5O4. The number of nitrogens with one attached hydrogen (secondary N) is 1. The summed E-state index contributed by atoms with van der Waals surface area (Å²) in [6.07, 6.45) is -15.7. The van der Waals surface area contributed by atoms with Gasteiger partial charge in [0.25, 0.3) is 0 Å². The lowest BCUT2D eigenvalue weighted by molar-refractivity contribution is -0.0588. The molecule has 1 aromatic rings. The van der Waals surface area contributed by atoms with E-state index in [1.54, 1.807) is 0 Å². The second-order valence-corrected chi connectivity index (χ2v) is 2.77. The summed E-state index contributed by atoms with van der Waals surface area (Å²) in [7, 11) is 0. The van der Waals surface area contributed by atoms with Gasteiger partial charge in [-0.15, -0.1) is 5.10 Å². The zero-order chi connectivity index (χ0) is 23.3. The molecule has 1 saturated heterocycles. The quantitative estimate of drug-likeness (QED) is 0.272. The van der Waals surface area contributed by atoms with E-state index in [1.165, 1.54) is 0 Å². The first-order valence-electron chi connectivity index (χ1n) is 10.1. The average Bonchev–Trinajstić information content (AvgIpc) is 3.13. The number of hydrogen-bond donors (Lipinski definition) is 5. The van der Waals surface area contributed by atoms with Gasteiger partial charge in [0.15, 0.2) is 16.3 Å². The highest BCUT2D eigenvalue weighted by Gasteiger charge is 2.43. The van der Waals surface area contributed by atoms with Crippen LogP contribution in [-0.4, -0.2) is 65.0 Å². The van der Waals surface area contributed by atoms with Gasteiger partial charge in [0, 0.05) is 0 Å². The summed E-state index contributed by atoms with van der Waals surface area (Å²) in [4.78, 5) is 3.41. The number of amidine groups is 1. The molecule has 6 N–H and O–H groups in total. The van der Waals surface area contributed by atoms with E-state index in [1.807, 2.05) is 0 Å². The van der Waals surface area contributed by atoms with Crippen LogP contribution in [0.25, 0.3) is 0 Å². The van der Waals surface area contributed by atoms with Gasteiger partial charge in [-0.1, -0.05) is 0 Å². The molecular weight excluding hydrogens is 230 g/mol. The number of aliphatic hydroxyl groups is 3. The number of nitrogens with two attached hydrogens (primary N) is 1. The third kappa shape index (κ3) is 2.00. The van der Waals surface area contributed by atoms with Crippen molar-refractivity contribution >= 4 is 5.84 Å². The molecule has 2 heterocycles. The van der Waals surface area contributed by atoms with Crippen molar-refractivity contribution in [1.82, 2.24) is 14.8 Å². The van der Waals surface area contributed by atoms with Gasteiger partial charge in [0.2, 0.25) is 10.1 Å². The number of rotatable bonds is 6. The number of nitrogens with zero attached hydrogens (tertiary/aromatic N) is 3. The van der Waals surface area contributed by atoms with Gasteiger partial charge in [-0.3, -0.25) is 5.40 Å². The number of aromatic nitrogens is 3. The Morgan fingerprint density at radius 3 is 3.59 bits per heavy atom. The summed E-state index contributed by atoms with van der Waals surface area (Å²) in [5.41, 5.74) is -0.226. The van der Waals surface area contributed by atoms with Crippen LogP contribution in [0.1, 0.15) is 21.6 Å². The lowest BCUT2D eigenvalue weighted by Crippen LogP contribution is -2.33. The molecule has 0 aliphatic carbocycles. The van der Waals surface area contributed by atoms with Crippen LogP contribution >= 0.6 is 0 Å². The van der Waals surface area contributed by atoms with Gasteiger partial charge < -0.3 is 25.8 Å². The fourth-order valence-corrected chi connectivity index (χ4v) is 1.02. The smallest absolute Gasteiger partial charge is 0.215 e. The van der Waals surface area contributed by atoms with Gasteiger partial charge in [0.1, 0.15) is 25.9 Å². The normalized spacial score (nSPS) is 62.8. The Balaban J connectivity index is 2.81. The van der Waals surface area contributed by atoms with Crippen LogP contribution in [0.4, 0.5) is 0 Å². The zero-order valence-corrected chi connectivity index (χ0v) is 7.87. The second kappa shape index (κ2) is 4.37. The third-order valence-corrected chi connectivity index (χ3v) is 1.74. The monoisotopic (exact) mass is 256 g/mol. The van der Waals surface area contributed by atoms with E-state index in [0.717, 1.165) is 0 Å². The van der Waals surface area contributed by atoms with Crippen molar-refractivity contribution in [2.24, 2.45) is 5.72 Å². The summed E-state index contributed by atoms with van der Waals surface area (Å²) in [5.74, 6) is -1.67. The van der Waals surface area contributed by atoms with Crippen molar-refractivity contribution in [2.75, 3.05) is 6.56 Å². The SMILES string of the molecule is [2H]N=C(c1nc([2H])n([C@]2([2H])O[C@]([2H])(C([2H])([2H])O[2H])[C@@]([2H])(O[2H])[C@@]2([2H])O[2H])n1)N([2H])[2H]. The minimum absolute atomic E-state index is 0.00280. The molecule has 0 spiro atoms. The van der Waals surface area contributed by atoms with Crippen LogP contribution in [0.5, 0.6) is 0 Å². The predicted octanol–water partition coefficient (Wildman–Crippen LogP) is -2.83. The van der Waals surface area contributed by atoms with Crippen LogP contribution in [0.2, 0.25) is 4.24 Å². The van der Waals surface area contributed by atoms with Crippen LogP contribution < -0.4 is 5.72 Å². The van der Waals surface area contributed by atoms with Crippen molar-refractivity contribution in [3.63, 3.8) is 0 Å². The molecule has 0 radical (unpaired) electrons. The predicted molar refractivity (Wildman–Crippen MR) is 54.0 cm³/mol. The van der Waals surface area contributed by atoms with Crippen LogP contribution in [0.3, 0.4) is 0 Å². The molecule has 4 atom stereocenters. The van der Waals surface area contributed by atoms with E-state index >= 15 is 0 Å². The summed E-state index contributed by atoms with van der Waals surface area (Å²) >= 11 is 0. The first kappa shape index (κ1) is 3.72. The van der Waals surface area contributed by atoms with E-state index in [9.17, 15) is 0 Å². The summed E-state index contributed by atoms with van der Waals surface area (Å²) < 4.78 is 103. The first-order chi connectivity index (χ1) is 13.7. The second-order valence-electron chi connectivity index (χ2n) is 2.77. The van der Waals surface area contributed by atoms with Crippen molar-refractivity contribution < 1.29 is 33.9 Å². The molecule has 2 rings (SSSR count). The summed E-state index contributed by atoms with van der Waals surface area (Å²) in [5, 5.41) is 18.0. The molecule has 9 nitrogen and oxygen atoms in total. The van der Waals surface area contributed by atoms with Gasteiger partial charge in [-0.05, 0) is 0 Å². The maximum absolute atomic E-state index is 8.41. The Hall–Kier alpha value is -1.55. The van der Waals surface area contributed by atoms with Gasteiger partial charge in [-0.25, -0.2) is 9.67 Å². The molecule has 17 heavy (non-hydrogen) atoms. The maximum Gasteiger partial charge on any atom is 0.215 e. The fourth-order valence-electron chi connectivity index (χ4n) is 1.02. The van der Waals surface area contributed by atoms with Crippen molar-refractivity contribution in [2.45, 2.75) is 24.4 Å². The van der Waals surface area contributed by atoms with Gasteiger partial charge in [-0.2, -0.15) is 0 Å². The summed E-state index contributed by atoms with van der Waals surface area (Å²) in [6.45, 7) is -3.65. The van der Waals surface area contributed by atoms with E-state index in [-0.39, 0.29) is 10.4 Å². The highest BCUT2D eigenvalue weighted by molar-refractivity contribution is 5.90. The molecule has 0 aromatic carbocycles. The Bertz CT molecular complexity index is 840. The van der Waals surface area contributed by atoms with Crippen molar-refractivity contribution in [3.05, 3.63) is 12.1 Å². The van der Waals surface area contributed by atoms with E-state index in [0.29, 0.717) is 0 Å². The minimum atomic E-state index is -3.71. The van der Waals surface area contributed by atoms with Crippen LogP contribution in [0, 0.1) is 5.40 Å². The first-order valence-corrected chi connectivity index (χ1v) is 4.04. The zero-order valence-electron chi connectivity index (χ0n) is 20.9. The molecule has 0 unspecified atom stereocenters. The van der Waals surface area contributed by atoms with Crippen molar-refractivity contribution in [1.29, 1.82) is 9.70 Å². The van der Waals surface area contributed by atoms with Gasteiger partial charge in [0.05, 0.1) is 14.8 Å². The van der Waals surface area contributed by atoms with Crippen LogP contribution in [-0.2, 0) is 4.74 Å². The standard InChI is InChI=1S/C8H13N5O4/c9-6(10)7-11-2-13(12-7)8-5(16)4(15)3(1-14)17-8/h2-5,8,14-16H,1H2,(H3,9,10)/t3-,4-,5-,8-/m1/s1/i1D2,2D,3D,4D,5D,8D,14D,15D,16D/hD3. The van der Waals surface area contributed by atoms with E-state index in [4.69, 9.17) is 22.9 Å².